The van der Waals surface area contributed by atoms with Crippen molar-refractivity contribution in [2.24, 2.45) is 5.73 Å². The predicted octanol–water partition coefficient (Wildman–Crippen LogP) is 3.31. The lowest BCUT2D eigenvalue weighted by Gasteiger charge is -2.05. The zero-order valence-electron chi connectivity index (χ0n) is 8.87. The van der Waals surface area contributed by atoms with Crippen molar-refractivity contribution in [3.63, 3.8) is 0 Å². The van der Waals surface area contributed by atoms with Crippen molar-refractivity contribution in [2.45, 2.75) is 19.8 Å². The molecule has 1 aromatic heterocycles. The number of amidine groups is 1. The molecule has 0 aliphatic heterocycles. The van der Waals surface area contributed by atoms with E-state index in [1.165, 1.54) is 15.6 Å². The van der Waals surface area contributed by atoms with E-state index in [1.807, 2.05) is 6.07 Å². The van der Waals surface area contributed by atoms with Gasteiger partial charge < -0.3 is 5.73 Å². The molecule has 0 saturated heterocycles. The summed E-state index contributed by atoms with van der Waals surface area (Å²) < 4.78 is 1.21. The zero-order chi connectivity index (χ0) is 11.0. The third-order valence-electron chi connectivity index (χ3n) is 2.48. The van der Waals surface area contributed by atoms with Gasteiger partial charge in [0.15, 0.2) is 0 Å². The lowest BCUT2D eigenvalue weighted by Crippen LogP contribution is -2.08. The van der Waals surface area contributed by atoms with E-state index in [9.17, 15) is 0 Å². The Bertz CT molecular complexity index is 511. The van der Waals surface area contributed by atoms with E-state index in [2.05, 4.69) is 32.0 Å². The Morgan fingerprint density at radius 1 is 1.40 bits per heavy atom. The minimum atomic E-state index is 0.158. The van der Waals surface area contributed by atoms with Gasteiger partial charge in [-0.2, -0.15) is 0 Å². The average molecular weight is 218 g/mol. The van der Waals surface area contributed by atoms with Gasteiger partial charge in [0.1, 0.15) is 5.84 Å². The summed E-state index contributed by atoms with van der Waals surface area (Å²) in [6.45, 7) is 4.36. The highest BCUT2D eigenvalue weighted by molar-refractivity contribution is 7.20. The maximum absolute atomic E-state index is 7.43. The van der Waals surface area contributed by atoms with Crippen molar-refractivity contribution in [3.8, 4) is 0 Å². The van der Waals surface area contributed by atoms with Crippen molar-refractivity contribution in [1.29, 1.82) is 5.41 Å². The second kappa shape index (κ2) is 3.66. The van der Waals surface area contributed by atoms with Crippen LogP contribution in [0.15, 0.2) is 24.3 Å². The first-order valence-electron chi connectivity index (χ1n) is 4.96. The fourth-order valence-electron chi connectivity index (χ4n) is 1.72. The Labute approximate surface area is 93.2 Å². The van der Waals surface area contributed by atoms with Crippen LogP contribution < -0.4 is 5.73 Å². The van der Waals surface area contributed by atoms with Crippen molar-refractivity contribution >= 4 is 27.3 Å². The fraction of sp³-hybridized carbons (Fsp3) is 0.250. The molecule has 2 nitrogen and oxygen atoms in total. The molecule has 0 amide bonds. The van der Waals surface area contributed by atoms with Crippen LogP contribution in [0.3, 0.4) is 0 Å². The number of nitrogen functional groups attached to an aromatic ring is 1. The molecule has 2 rings (SSSR count). The van der Waals surface area contributed by atoms with Crippen LogP contribution in [0.1, 0.15) is 30.2 Å². The van der Waals surface area contributed by atoms with Crippen molar-refractivity contribution < 1.29 is 0 Å². The van der Waals surface area contributed by atoms with E-state index < -0.39 is 0 Å². The van der Waals surface area contributed by atoms with Gasteiger partial charge in [-0.3, -0.25) is 5.41 Å². The molecule has 1 aromatic carbocycles. The number of thiophene rings is 1. The Balaban J connectivity index is 2.69. The quantitative estimate of drug-likeness (QED) is 0.589. The van der Waals surface area contributed by atoms with Gasteiger partial charge in [-0.05, 0) is 29.0 Å². The SMILES string of the molecule is CC(C)c1cccc2sc(C(=N)N)cc12. The minimum Gasteiger partial charge on any atom is -0.383 e. The van der Waals surface area contributed by atoms with E-state index in [-0.39, 0.29) is 5.84 Å². The first kappa shape index (κ1) is 10.2. The first-order valence-corrected chi connectivity index (χ1v) is 5.78. The molecule has 15 heavy (non-hydrogen) atoms. The number of rotatable bonds is 2. The molecule has 3 N–H and O–H groups in total. The van der Waals surface area contributed by atoms with Gasteiger partial charge in [0.2, 0.25) is 0 Å². The number of hydrogen-bond donors (Lipinski definition) is 2. The Hall–Kier alpha value is -1.35. The largest absolute Gasteiger partial charge is 0.383 e. The minimum absolute atomic E-state index is 0.158. The second-order valence-electron chi connectivity index (χ2n) is 3.94. The normalized spacial score (nSPS) is 11.1. The molecular formula is C12H14N2S. The van der Waals surface area contributed by atoms with E-state index in [0.717, 1.165) is 4.88 Å². The van der Waals surface area contributed by atoms with E-state index >= 15 is 0 Å². The average Bonchev–Trinajstić information content (AvgIpc) is 2.60. The number of nitrogens with two attached hydrogens (primary N) is 1. The van der Waals surface area contributed by atoms with Crippen molar-refractivity contribution in [1.82, 2.24) is 0 Å². The van der Waals surface area contributed by atoms with Gasteiger partial charge in [0.25, 0.3) is 0 Å². The maximum atomic E-state index is 7.43. The lowest BCUT2D eigenvalue weighted by molar-refractivity contribution is 0.877. The molecule has 0 fully saturated rings. The van der Waals surface area contributed by atoms with Gasteiger partial charge >= 0.3 is 0 Å². The van der Waals surface area contributed by atoms with Crippen LogP contribution in [-0.4, -0.2) is 5.84 Å². The number of fused-ring (bicyclic) bond motifs is 1. The highest BCUT2D eigenvalue weighted by Gasteiger charge is 2.09. The van der Waals surface area contributed by atoms with Gasteiger partial charge in [0, 0.05) is 4.70 Å². The summed E-state index contributed by atoms with van der Waals surface area (Å²) in [4.78, 5) is 0.859. The van der Waals surface area contributed by atoms with E-state index in [4.69, 9.17) is 11.1 Å². The molecule has 0 radical (unpaired) electrons. The van der Waals surface area contributed by atoms with Gasteiger partial charge in [0.05, 0.1) is 4.88 Å². The molecule has 0 atom stereocenters. The molecule has 2 aromatic rings. The van der Waals surface area contributed by atoms with Gasteiger partial charge in [-0.1, -0.05) is 26.0 Å². The smallest absolute Gasteiger partial charge is 0.133 e. The molecule has 0 bridgehead atoms. The number of nitrogens with one attached hydrogen (secondary N) is 1. The van der Waals surface area contributed by atoms with E-state index in [1.54, 1.807) is 11.3 Å². The van der Waals surface area contributed by atoms with Gasteiger partial charge in [-0.25, -0.2) is 0 Å². The summed E-state index contributed by atoms with van der Waals surface area (Å²) in [5.41, 5.74) is 6.83. The fourth-order valence-corrected chi connectivity index (χ4v) is 2.68. The molecule has 78 valence electrons. The van der Waals surface area contributed by atoms with Crippen LogP contribution in [0.5, 0.6) is 0 Å². The van der Waals surface area contributed by atoms with Crippen LogP contribution in [0, 0.1) is 5.41 Å². The number of benzene rings is 1. The topological polar surface area (TPSA) is 49.9 Å². The molecule has 0 spiro atoms. The van der Waals surface area contributed by atoms with Crippen LogP contribution in [0.25, 0.3) is 10.1 Å². The van der Waals surface area contributed by atoms with E-state index in [0.29, 0.717) is 5.92 Å². The summed E-state index contributed by atoms with van der Waals surface area (Å²) in [5.74, 6) is 0.661. The molecule has 0 aliphatic carbocycles. The Morgan fingerprint density at radius 2 is 2.13 bits per heavy atom. The molecule has 1 heterocycles. The third-order valence-corrected chi connectivity index (χ3v) is 3.62. The predicted molar refractivity (Wildman–Crippen MR) is 66.9 cm³/mol. The van der Waals surface area contributed by atoms with Crippen molar-refractivity contribution in [3.05, 3.63) is 34.7 Å². The highest BCUT2D eigenvalue weighted by Crippen LogP contribution is 2.31. The summed E-state index contributed by atoms with van der Waals surface area (Å²) in [6.07, 6.45) is 0. The number of hydrogen-bond acceptors (Lipinski definition) is 2. The summed E-state index contributed by atoms with van der Waals surface area (Å²) in [5, 5.41) is 8.67. The van der Waals surface area contributed by atoms with Crippen LogP contribution >= 0.6 is 11.3 Å². The highest BCUT2D eigenvalue weighted by atomic mass is 32.1. The Morgan fingerprint density at radius 3 is 2.73 bits per heavy atom. The Kier molecular flexibility index (Phi) is 2.49. The maximum Gasteiger partial charge on any atom is 0.133 e. The third kappa shape index (κ3) is 1.75. The summed E-state index contributed by atoms with van der Waals surface area (Å²) in [7, 11) is 0. The molecular weight excluding hydrogens is 204 g/mol. The zero-order valence-corrected chi connectivity index (χ0v) is 9.69. The van der Waals surface area contributed by atoms with Crippen molar-refractivity contribution in [2.75, 3.05) is 0 Å². The monoisotopic (exact) mass is 218 g/mol. The standard InChI is InChI=1S/C12H14N2S/c1-7(2)8-4-3-5-10-9(8)6-11(15-10)12(13)14/h3-7H,1-2H3,(H3,13,14). The second-order valence-corrected chi connectivity index (χ2v) is 5.02. The first-order chi connectivity index (χ1) is 7.09. The molecule has 3 heteroatoms. The van der Waals surface area contributed by atoms with Gasteiger partial charge in [-0.15, -0.1) is 11.3 Å². The van der Waals surface area contributed by atoms with Crippen LogP contribution in [0.2, 0.25) is 0 Å². The summed E-state index contributed by atoms with van der Waals surface area (Å²) in [6, 6.07) is 8.32. The lowest BCUT2D eigenvalue weighted by atomic mass is 9.99. The summed E-state index contributed by atoms with van der Waals surface area (Å²) >= 11 is 1.59. The van der Waals surface area contributed by atoms with Crippen LogP contribution in [0.4, 0.5) is 0 Å². The molecule has 0 unspecified atom stereocenters. The molecule has 0 saturated carbocycles. The van der Waals surface area contributed by atoms with Crippen LogP contribution in [-0.2, 0) is 0 Å². The molecule has 0 aliphatic rings.